The monoisotopic (exact) mass is 336 g/mol. The van der Waals surface area contributed by atoms with E-state index in [2.05, 4.69) is 0 Å². The normalized spacial score (nSPS) is 9.58. The molecule has 2 N–H and O–H groups in total. The number of benzene rings is 2. The third kappa shape index (κ3) is 4.62. The lowest BCUT2D eigenvalue weighted by Gasteiger charge is -2.08. The minimum absolute atomic E-state index is 0.215. The Balaban J connectivity index is 0.000000240. The molecule has 0 heterocycles. The van der Waals surface area contributed by atoms with Crippen LogP contribution in [0.25, 0.3) is 0 Å². The van der Waals surface area contributed by atoms with E-state index in [1.807, 2.05) is 0 Å². The van der Waals surface area contributed by atoms with Gasteiger partial charge < -0.3 is 29.2 Å². The zero-order valence-corrected chi connectivity index (χ0v) is 14.8. The topological polar surface area (TPSA) is 77.4 Å². The fourth-order valence-electron chi connectivity index (χ4n) is 1.94. The van der Waals surface area contributed by atoms with Gasteiger partial charge in [0.15, 0.2) is 23.0 Å². The van der Waals surface area contributed by atoms with Gasteiger partial charge in [-0.1, -0.05) is 0 Å². The van der Waals surface area contributed by atoms with Gasteiger partial charge in [-0.2, -0.15) is 0 Å². The molecule has 0 radical (unpaired) electrons. The summed E-state index contributed by atoms with van der Waals surface area (Å²) in [6, 6.07) is 6.53. The van der Waals surface area contributed by atoms with Gasteiger partial charge in [0, 0.05) is 12.1 Å². The molecule has 0 bridgehead atoms. The smallest absolute Gasteiger partial charge is 0.164 e. The predicted octanol–water partition coefficient (Wildman–Crippen LogP) is 3.44. The van der Waals surface area contributed by atoms with Crippen LogP contribution in [0.1, 0.15) is 11.1 Å². The number of hydrogen-bond acceptors (Lipinski definition) is 6. The van der Waals surface area contributed by atoms with Crippen LogP contribution >= 0.6 is 0 Å². The molecule has 0 aliphatic heterocycles. The van der Waals surface area contributed by atoms with Crippen molar-refractivity contribution in [2.75, 3.05) is 28.4 Å². The molecule has 0 fully saturated rings. The van der Waals surface area contributed by atoms with Crippen LogP contribution < -0.4 is 18.9 Å². The minimum atomic E-state index is 0.215. The lowest BCUT2D eigenvalue weighted by atomic mass is 10.2. The molecule has 24 heavy (non-hydrogen) atoms. The maximum Gasteiger partial charge on any atom is 0.164 e. The Kier molecular flexibility index (Phi) is 7.04. The van der Waals surface area contributed by atoms with Gasteiger partial charge in [0.1, 0.15) is 11.5 Å². The van der Waals surface area contributed by atoms with Crippen LogP contribution in [0.5, 0.6) is 34.5 Å². The highest BCUT2D eigenvalue weighted by molar-refractivity contribution is 5.50. The lowest BCUT2D eigenvalue weighted by Crippen LogP contribution is -1.90. The number of rotatable bonds is 4. The summed E-state index contributed by atoms with van der Waals surface area (Å²) < 4.78 is 20.0. The van der Waals surface area contributed by atoms with E-state index in [1.54, 1.807) is 40.2 Å². The zero-order valence-electron chi connectivity index (χ0n) is 14.8. The molecule has 132 valence electrons. The number of phenolic OH excluding ortho intramolecular Hbond substituents is 2. The summed E-state index contributed by atoms with van der Waals surface area (Å²) in [5.74, 6) is 2.78. The first-order chi connectivity index (χ1) is 11.4. The lowest BCUT2D eigenvalue weighted by molar-refractivity contribution is 0.351. The molecule has 2 aromatic carbocycles. The fourth-order valence-corrected chi connectivity index (χ4v) is 1.94. The summed E-state index contributed by atoms with van der Waals surface area (Å²) in [7, 11) is 6.20. The molecule has 2 aromatic rings. The molecule has 6 heteroatoms. The van der Waals surface area contributed by atoms with Crippen molar-refractivity contribution in [2.45, 2.75) is 13.8 Å². The Morgan fingerprint density at radius 2 is 0.792 bits per heavy atom. The number of aryl methyl sites for hydroxylation is 2. The van der Waals surface area contributed by atoms with Gasteiger partial charge in [-0.3, -0.25) is 0 Å². The molecular formula is C18H24O6. The summed E-state index contributed by atoms with van der Waals surface area (Å²) in [4.78, 5) is 0. The van der Waals surface area contributed by atoms with Crippen molar-refractivity contribution < 1.29 is 29.2 Å². The molecule has 2 rings (SSSR count). The molecule has 0 amide bonds. The zero-order chi connectivity index (χ0) is 18.3. The number of phenols is 2. The van der Waals surface area contributed by atoms with Crippen LogP contribution in [0.15, 0.2) is 24.3 Å². The van der Waals surface area contributed by atoms with Gasteiger partial charge in [-0.25, -0.2) is 0 Å². The Labute approximate surface area is 142 Å². The van der Waals surface area contributed by atoms with E-state index < -0.39 is 0 Å². The summed E-state index contributed by atoms with van der Waals surface area (Å²) in [6.45, 7) is 3.61. The van der Waals surface area contributed by atoms with E-state index >= 15 is 0 Å². The second-order valence-corrected chi connectivity index (χ2v) is 4.99. The van der Waals surface area contributed by atoms with Crippen LogP contribution in [0.3, 0.4) is 0 Å². The Bertz CT molecular complexity index is 564. The summed E-state index contributed by atoms with van der Waals surface area (Å²) in [6.07, 6.45) is 0. The van der Waals surface area contributed by atoms with Crippen LogP contribution in [-0.4, -0.2) is 38.7 Å². The molecule has 0 atom stereocenters. The maximum atomic E-state index is 9.32. The van der Waals surface area contributed by atoms with Gasteiger partial charge in [-0.05, 0) is 37.1 Å². The van der Waals surface area contributed by atoms with E-state index in [1.165, 1.54) is 26.4 Å². The number of hydrogen-bond donors (Lipinski definition) is 2. The second-order valence-electron chi connectivity index (χ2n) is 4.99. The van der Waals surface area contributed by atoms with Crippen LogP contribution in [-0.2, 0) is 0 Å². The first-order valence-electron chi connectivity index (χ1n) is 7.21. The van der Waals surface area contributed by atoms with Crippen molar-refractivity contribution in [1.29, 1.82) is 0 Å². The van der Waals surface area contributed by atoms with Gasteiger partial charge in [-0.15, -0.1) is 0 Å². The molecule has 0 unspecified atom stereocenters. The van der Waals surface area contributed by atoms with Crippen molar-refractivity contribution in [3.8, 4) is 34.5 Å². The Hall–Kier alpha value is -2.76. The highest BCUT2D eigenvalue weighted by Gasteiger charge is 2.07. The largest absolute Gasteiger partial charge is 0.508 e. The van der Waals surface area contributed by atoms with E-state index in [0.29, 0.717) is 23.0 Å². The number of methoxy groups -OCH3 is 4. The molecule has 0 aliphatic carbocycles. The van der Waals surface area contributed by atoms with Gasteiger partial charge in [0.25, 0.3) is 0 Å². The molecular weight excluding hydrogens is 312 g/mol. The van der Waals surface area contributed by atoms with Gasteiger partial charge >= 0.3 is 0 Å². The number of ether oxygens (including phenoxy) is 4. The summed E-state index contributed by atoms with van der Waals surface area (Å²) in [5.41, 5.74) is 1.54. The molecule has 0 spiro atoms. The van der Waals surface area contributed by atoms with Gasteiger partial charge in [0.2, 0.25) is 0 Å². The van der Waals surface area contributed by atoms with E-state index in [4.69, 9.17) is 18.9 Å². The van der Waals surface area contributed by atoms with Crippen LogP contribution in [0.4, 0.5) is 0 Å². The first kappa shape index (κ1) is 19.3. The molecule has 0 aromatic heterocycles. The molecule has 0 saturated carbocycles. The average molecular weight is 336 g/mol. The van der Waals surface area contributed by atoms with Crippen molar-refractivity contribution in [3.05, 3.63) is 35.4 Å². The Morgan fingerprint density at radius 3 is 1.04 bits per heavy atom. The standard InChI is InChI=1S/2C9H12O3/c2*1-6-4-8(11-2)9(12-3)5-7(6)10/h2*4-5,10H,1-3H3. The summed E-state index contributed by atoms with van der Waals surface area (Å²) >= 11 is 0. The van der Waals surface area contributed by atoms with Gasteiger partial charge in [0.05, 0.1) is 28.4 Å². The van der Waals surface area contributed by atoms with Crippen molar-refractivity contribution >= 4 is 0 Å². The maximum absolute atomic E-state index is 9.32. The number of aromatic hydroxyl groups is 2. The quantitative estimate of drug-likeness (QED) is 0.891. The molecule has 0 aliphatic rings. The molecule has 0 saturated heterocycles. The predicted molar refractivity (Wildman–Crippen MR) is 91.9 cm³/mol. The van der Waals surface area contributed by atoms with Crippen LogP contribution in [0.2, 0.25) is 0 Å². The highest BCUT2D eigenvalue weighted by Crippen LogP contribution is 2.34. The molecule has 6 nitrogen and oxygen atoms in total. The van der Waals surface area contributed by atoms with Crippen LogP contribution in [0, 0.1) is 13.8 Å². The minimum Gasteiger partial charge on any atom is -0.508 e. The third-order valence-electron chi connectivity index (χ3n) is 3.40. The van der Waals surface area contributed by atoms with Crippen molar-refractivity contribution in [3.63, 3.8) is 0 Å². The van der Waals surface area contributed by atoms with E-state index in [0.717, 1.165) is 11.1 Å². The SMILES string of the molecule is COc1cc(C)c(O)cc1OC.COc1cc(C)c(O)cc1OC. The fraction of sp³-hybridized carbons (Fsp3) is 0.333. The van der Waals surface area contributed by atoms with Crippen molar-refractivity contribution in [2.24, 2.45) is 0 Å². The summed E-state index contributed by atoms with van der Waals surface area (Å²) in [5, 5.41) is 18.6. The highest BCUT2D eigenvalue weighted by atomic mass is 16.5. The Morgan fingerprint density at radius 1 is 0.542 bits per heavy atom. The van der Waals surface area contributed by atoms with E-state index in [-0.39, 0.29) is 11.5 Å². The first-order valence-corrected chi connectivity index (χ1v) is 7.21. The second kappa shape index (κ2) is 8.76. The van der Waals surface area contributed by atoms with Crippen molar-refractivity contribution in [1.82, 2.24) is 0 Å². The van der Waals surface area contributed by atoms with E-state index in [9.17, 15) is 10.2 Å². The average Bonchev–Trinajstić information content (AvgIpc) is 2.59. The third-order valence-corrected chi connectivity index (χ3v) is 3.40.